The Balaban J connectivity index is 1.64. The minimum atomic E-state index is -0.315. The molecule has 1 aromatic heterocycles. The van der Waals surface area contributed by atoms with Crippen molar-refractivity contribution in [2.75, 3.05) is 31.2 Å². The second-order valence-corrected chi connectivity index (χ2v) is 5.90. The van der Waals surface area contributed by atoms with Gasteiger partial charge in [0.25, 0.3) is 0 Å². The summed E-state index contributed by atoms with van der Waals surface area (Å²) in [5.41, 5.74) is 3.39. The number of rotatable bonds is 1. The van der Waals surface area contributed by atoms with Crippen LogP contribution in [0.3, 0.4) is 0 Å². The summed E-state index contributed by atoms with van der Waals surface area (Å²) in [4.78, 5) is 7.14. The predicted molar refractivity (Wildman–Crippen MR) is 82.6 cm³/mol. The zero-order chi connectivity index (χ0) is 14.3. The van der Waals surface area contributed by atoms with Crippen molar-refractivity contribution in [3.05, 3.63) is 36.0 Å². The molecule has 0 unspecified atom stereocenters. The smallest absolute Gasteiger partial charge is 0.171 e. The summed E-state index contributed by atoms with van der Waals surface area (Å²) in [5.74, 6) is -0.315. The first-order valence-electron chi connectivity index (χ1n) is 7.65. The Bertz CT molecular complexity index is 655. The number of fused-ring (bicyclic) bond motifs is 1. The molecule has 0 aliphatic carbocycles. The number of piperidine rings is 1. The van der Waals surface area contributed by atoms with E-state index in [2.05, 4.69) is 35.2 Å². The van der Waals surface area contributed by atoms with E-state index in [0.29, 0.717) is 0 Å². The maximum absolute atomic E-state index is 5.81. The van der Waals surface area contributed by atoms with Crippen molar-refractivity contribution < 1.29 is 9.47 Å². The minimum Gasteiger partial charge on any atom is -0.369 e. The first-order chi connectivity index (χ1) is 10.3. The zero-order valence-corrected chi connectivity index (χ0v) is 12.3. The van der Waals surface area contributed by atoms with Crippen LogP contribution in [0, 0.1) is 6.92 Å². The molecule has 2 fully saturated rings. The number of anilines is 1. The Hall–Kier alpha value is -1.65. The average molecular weight is 284 g/mol. The van der Waals surface area contributed by atoms with Gasteiger partial charge in [0.2, 0.25) is 0 Å². The maximum Gasteiger partial charge on any atom is 0.171 e. The molecule has 0 amide bonds. The van der Waals surface area contributed by atoms with Crippen LogP contribution in [0.15, 0.2) is 30.3 Å². The molecule has 4 nitrogen and oxygen atoms in total. The highest BCUT2D eigenvalue weighted by molar-refractivity contribution is 5.91. The highest BCUT2D eigenvalue weighted by atomic mass is 16.7. The van der Waals surface area contributed by atoms with Gasteiger partial charge < -0.3 is 14.4 Å². The molecule has 21 heavy (non-hydrogen) atoms. The fraction of sp³-hybridized carbons (Fsp3) is 0.471. The van der Waals surface area contributed by atoms with Crippen molar-refractivity contribution in [2.24, 2.45) is 0 Å². The van der Waals surface area contributed by atoms with Crippen molar-refractivity contribution >= 4 is 16.6 Å². The third-order valence-electron chi connectivity index (χ3n) is 4.52. The van der Waals surface area contributed by atoms with Crippen molar-refractivity contribution in [1.29, 1.82) is 0 Å². The van der Waals surface area contributed by atoms with Crippen LogP contribution in [0.2, 0.25) is 0 Å². The lowest BCUT2D eigenvalue weighted by atomic mass is 10.0. The number of hydrogen-bond donors (Lipinski definition) is 0. The molecule has 2 saturated heterocycles. The van der Waals surface area contributed by atoms with Gasteiger partial charge in [-0.2, -0.15) is 0 Å². The normalized spacial score (nSPS) is 21.3. The standard InChI is InChI=1S/C17H20N2O2/c1-13-5-6-14-3-2-4-15(16(14)18-13)19-9-7-17(8-10-19)20-11-12-21-17/h2-6H,7-12H2,1H3. The van der Waals surface area contributed by atoms with E-state index in [1.54, 1.807) is 0 Å². The fourth-order valence-corrected chi connectivity index (χ4v) is 3.36. The number of para-hydroxylation sites is 1. The number of aryl methyl sites for hydroxylation is 1. The molecule has 3 heterocycles. The first kappa shape index (κ1) is 13.0. The second kappa shape index (κ2) is 4.97. The minimum absolute atomic E-state index is 0.315. The fourth-order valence-electron chi connectivity index (χ4n) is 3.36. The van der Waals surface area contributed by atoms with E-state index in [4.69, 9.17) is 14.5 Å². The summed E-state index contributed by atoms with van der Waals surface area (Å²) in [5, 5.41) is 1.20. The molecule has 0 atom stereocenters. The van der Waals surface area contributed by atoms with Gasteiger partial charge in [-0.3, -0.25) is 4.98 Å². The number of hydrogen-bond acceptors (Lipinski definition) is 4. The van der Waals surface area contributed by atoms with Crippen molar-refractivity contribution in [1.82, 2.24) is 4.98 Å². The molecule has 1 spiro atoms. The van der Waals surface area contributed by atoms with Crippen LogP contribution in [-0.4, -0.2) is 37.1 Å². The Morgan fingerprint density at radius 1 is 1.05 bits per heavy atom. The highest BCUT2D eigenvalue weighted by Crippen LogP contribution is 2.35. The van der Waals surface area contributed by atoms with Crippen LogP contribution in [0.4, 0.5) is 5.69 Å². The van der Waals surface area contributed by atoms with Gasteiger partial charge in [-0.15, -0.1) is 0 Å². The molecular formula is C17H20N2O2. The van der Waals surface area contributed by atoms with E-state index >= 15 is 0 Å². The Morgan fingerprint density at radius 2 is 1.81 bits per heavy atom. The zero-order valence-electron chi connectivity index (χ0n) is 12.3. The quantitative estimate of drug-likeness (QED) is 0.806. The van der Waals surface area contributed by atoms with E-state index in [-0.39, 0.29) is 5.79 Å². The third kappa shape index (κ3) is 2.28. The largest absolute Gasteiger partial charge is 0.369 e. The summed E-state index contributed by atoms with van der Waals surface area (Å²) in [6.07, 6.45) is 1.85. The summed E-state index contributed by atoms with van der Waals surface area (Å²) < 4.78 is 11.6. The van der Waals surface area contributed by atoms with Crippen molar-refractivity contribution in [3.63, 3.8) is 0 Å². The van der Waals surface area contributed by atoms with Gasteiger partial charge in [-0.25, -0.2) is 0 Å². The van der Waals surface area contributed by atoms with Crippen LogP contribution in [0.5, 0.6) is 0 Å². The number of nitrogens with zero attached hydrogens (tertiary/aromatic N) is 2. The monoisotopic (exact) mass is 284 g/mol. The molecule has 0 bridgehead atoms. The van der Waals surface area contributed by atoms with Gasteiger partial charge >= 0.3 is 0 Å². The van der Waals surface area contributed by atoms with E-state index in [1.807, 2.05) is 6.92 Å². The lowest BCUT2D eigenvalue weighted by molar-refractivity contribution is -0.169. The molecule has 0 N–H and O–H groups in total. The van der Waals surface area contributed by atoms with Gasteiger partial charge in [0.15, 0.2) is 5.79 Å². The Kier molecular flexibility index (Phi) is 3.08. The molecule has 4 rings (SSSR count). The molecule has 1 aromatic carbocycles. The van der Waals surface area contributed by atoms with Crippen LogP contribution in [0.25, 0.3) is 10.9 Å². The summed E-state index contributed by atoms with van der Waals surface area (Å²) in [6.45, 7) is 5.41. The molecule has 2 aliphatic rings. The van der Waals surface area contributed by atoms with Gasteiger partial charge in [0, 0.05) is 37.0 Å². The van der Waals surface area contributed by atoms with Gasteiger partial charge in [-0.1, -0.05) is 18.2 Å². The summed E-state index contributed by atoms with van der Waals surface area (Å²) in [7, 11) is 0. The molecule has 2 aliphatic heterocycles. The van der Waals surface area contributed by atoms with Crippen molar-refractivity contribution in [3.8, 4) is 0 Å². The summed E-state index contributed by atoms with van der Waals surface area (Å²) in [6, 6.07) is 10.6. The van der Waals surface area contributed by atoms with E-state index in [0.717, 1.165) is 50.4 Å². The van der Waals surface area contributed by atoms with Crippen LogP contribution in [-0.2, 0) is 9.47 Å². The number of ether oxygens (including phenoxy) is 2. The maximum atomic E-state index is 5.81. The molecular weight excluding hydrogens is 264 g/mol. The number of pyridine rings is 1. The summed E-state index contributed by atoms with van der Waals surface area (Å²) >= 11 is 0. The average Bonchev–Trinajstić information content (AvgIpc) is 2.96. The number of benzene rings is 1. The Labute approximate surface area is 124 Å². The van der Waals surface area contributed by atoms with E-state index in [1.165, 1.54) is 11.1 Å². The molecule has 0 saturated carbocycles. The van der Waals surface area contributed by atoms with Crippen molar-refractivity contribution in [2.45, 2.75) is 25.6 Å². The SMILES string of the molecule is Cc1ccc2cccc(N3CCC4(CC3)OCCO4)c2n1. The Morgan fingerprint density at radius 3 is 2.57 bits per heavy atom. The third-order valence-corrected chi connectivity index (χ3v) is 4.52. The highest BCUT2D eigenvalue weighted by Gasteiger charge is 2.40. The lowest BCUT2D eigenvalue weighted by Crippen LogP contribution is -2.45. The molecule has 4 heteroatoms. The van der Waals surface area contributed by atoms with Crippen LogP contribution in [0.1, 0.15) is 18.5 Å². The molecule has 2 aromatic rings. The van der Waals surface area contributed by atoms with E-state index in [9.17, 15) is 0 Å². The number of aromatic nitrogens is 1. The van der Waals surface area contributed by atoms with Crippen LogP contribution < -0.4 is 4.90 Å². The second-order valence-electron chi connectivity index (χ2n) is 5.90. The predicted octanol–water partition coefficient (Wildman–Crippen LogP) is 2.89. The topological polar surface area (TPSA) is 34.6 Å². The van der Waals surface area contributed by atoms with E-state index < -0.39 is 0 Å². The van der Waals surface area contributed by atoms with Gasteiger partial charge in [-0.05, 0) is 19.1 Å². The van der Waals surface area contributed by atoms with Gasteiger partial charge in [0.05, 0.1) is 24.4 Å². The first-order valence-corrected chi connectivity index (χ1v) is 7.65. The molecule has 110 valence electrons. The molecule has 0 radical (unpaired) electrons. The lowest BCUT2D eigenvalue weighted by Gasteiger charge is -2.38. The van der Waals surface area contributed by atoms with Gasteiger partial charge in [0.1, 0.15) is 0 Å². The van der Waals surface area contributed by atoms with Crippen LogP contribution >= 0.6 is 0 Å².